The lowest BCUT2D eigenvalue weighted by atomic mass is 9.77. The molecule has 1 aromatic heterocycles. The topological polar surface area (TPSA) is 29.0 Å². The molecule has 3 nitrogen and oxygen atoms in total. The van der Waals surface area contributed by atoms with Crippen LogP contribution in [0, 0.1) is 6.92 Å². The molecule has 0 radical (unpaired) electrons. The van der Waals surface area contributed by atoms with Crippen LogP contribution in [0.3, 0.4) is 0 Å². The molecule has 1 aliphatic rings. The summed E-state index contributed by atoms with van der Waals surface area (Å²) < 4.78 is 0. The number of piperidine rings is 1. The molecule has 0 aliphatic carbocycles. The number of aryl methyl sites for hydroxylation is 1. The predicted molar refractivity (Wildman–Crippen MR) is 60.9 cm³/mol. The third kappa shape index (κ3) is 2.17. The fraction of sp³-hybridized carbons (Fsp3) is 0.667. The van der Waals surface area contributed by atoms with Crippen LogP contribution >= 0.6 is 0 Å². The van der Waals surface area contributed by atoms with Gasteiger partial charge in [0.05, 0.1) is 5.69 Å². The Kier molecular flexibility index (Phi) is 2.74. The van der Waals surface area contributed by atoms with Gasteiger partial charge in [0.2, 0.25) is 0 Å². The normalized spacial score (nSPS) is 21.5. The first kappa shape index (κ1) is 10.6. The Morgan fingerprint density at radius 1 is 1.33 bits per heavy atom. The molecule has 0 unspecified atom stereocenters. The van der Waals surface area contributed by atoms with Crippen LogP contribution in [0.25, 0.3) is 0 Å². The highest BCUT2D eigenvalue weighted by Gasteiger charge is 2.31. The van der Waals surface area contributed by atoms with Gasteiger partial charge in [-0.1, -0.05) is 6.92 Å². The van der Waals surface area contributed by atoms with E-state index in [4.69, 9.17) is 0 Å². The predicted octanol–water partition coefficient (Wildman–Crippen LogP) is 1.77. The molecule has 0 atom stereocenters. The van der Waals surface area contributed by atoms with Crippen molar-refractivity contribution in [1.29, 1.82) is 0 Å². The second kappa shape index (κ2) is 3.89. The molecule has 2 heterocycles. The van der Waals surface area contributed by atoms with Crippen LogP contribution in [0.2, 0.25) is 0 Å². The molecule has 0 spiro atoms. The molecule has 0 amide bonds. The van der Waals surface area contributed by atoms with E-state index < -0.39 is 0 Å². The van der Waals surface area contributed by atoms with Gasteiger partial charge >= 0.3 is 0 Å². The zero-order valence-electron chi connectivity index (χ0n) is 9.82. The zero-order valence-corrected chi connectivity index (χ0v) is 9.82. The van der Waals surface area contributed by atoms with Gasteiger partial charge in [0.1, 0.15) is 5.82 Å². The Morgan fingerprint density at radius 2 is 2.00 bits per heavy atom. The molecular weight excluding hydrogens is 186 g/mol. The molecule has 1 aromatic rings. The fourth-order valence-corrected chi connectivity index (χ4v) is 2.16. The summed E-state index contributed by atoms with van der Waals surface area (Å²) in [4.78, 5) is 11.1. The third-order valence-corrected chi connectivity index (χ3v) is 3.49. The van der Waals surface area contributed by atoms with Crippen LogP contribution in [0.5, 0.6) is 0 Å². The van der Waals surface area contributed by atoms with Gasteiger partial charge in [0.15, 0.2) is 0 Å². The lowest BCUT2D eigenvalue weighted by molar-refractivity contribution is 0.196. The molecule has 1 fully saturated rings. The number of hydrogen-bond donors (Lipinski definition) is 0. The Morgan fingerprint density at radius 3 is 2.60 bits per heavy atom. The van der Waals surface area contributed by atoms with E-state index in [0.29, 0.717) is 0 Å². The summed E-state index contributed by atoms with van der Waals surface area (Å²) in [5, 5.41) is 0. The van der Waals surface area contributed by atoms with Gasteiger partial charge in [-0.15, -0.1) is 0 Å². The summed E-state index contributed by atoms with van der Waals surface area (Å²) in [6, 6.07) is 2.07. The van der Waals surface area contributed by atoms with Gasteiger partial charge in [-0.3, -0.25) is 0 Å². The van der Waals surface area contributed by atoms with E-state index in [-0.39, 0.29) is 5.41 Å². The van der Waals surface area contributed by atoms with Crippen molar-refractivity contribution < 1.29 is 0 Å². The van der Waals surface area contributed by atoms with Crippen LogP contribution in [0.4, 0.5) is 0 Å². The van der Waals surface area contributed by atoms with Crippen molar-refractivity contribution in [1.82, 2.24) is 14.9 Å². The third-order valence-electron chi connectivity index (χ3n) is 3.49. The minimum absolute atomic E-state index is 0.250. The van der Waals surface area contributed by atoms with Crippen molar-refractivity contribution in [2.24, 2.45) is 0 Å². The lowest BCUT2D eigenvalue weighted by Crippen LogP contribution is -2.39. The van der Waals surface area contributed by atoms with Crippen molar-refractivity contribution in [3.63, 3.8) is 0 Å². The number of aromatic nitrogens is 2. The van der Waals surface area contributed by atoms with Crippen LogP contribution < -0.4 is 0 Å². The summed E-state index contributed by atoms with van der Waals surface area (Å²) in [6.45, 7) is 6.61. The Bertz CT molecular complexity index is 340. The highest BCUT2D eigenvalue weighted by molar-refractivity contribution is 5.16. The number of rotatable bonds is 1. The van der Waals surface area contributed by atoms with Gasteiger partial charge in [0.25, 0.3) is 0 Å². The molecule has 1 aliphatic heterocycles. The highest BCUT2D eigenvalue weighted by atomic mass is 15.1. The minimum Gasteiger partial charge on any atom is -0.306 e. The molecule has 1 saturated heterocycles. The first-order chi connectivity index (χ1) is 7.10. The average molecular weight is 205 g/mol. The molecule has 0 saturated carbocycles. The van der Waals surface area contributed by atoms with Crippen LogP contribution in [0.1, 0.15) is 31.3 Å². The lowest BCUT2D eigenvalue weighted by Gasteiger charge is -2.37. The first-order valence-corrected chi connectivity index (χ1v) is 5.59. The van der Waals surface area contributed by atoms with Gasteiger partial charge in [-0.05, 0) is 46.0 Å². The Hall–Kier alpha value is -0.960. The van der Waals surface area contributed by atoms with Crippen LogP contribution in [-0.4, -0.2) is 35.0 Å². The van der Waals surface area contributed by atoms with Gasteiger partial charge in [-0.2, -0.15) is 0 Å². The maximum absolute atomic E-state index is 4.56. The van der Waals surface area contributed by atoms with Crippen molar-refractivity contribution in [2.75, 3.05) is 20.1 Å². The summed E-state index contributed by atoms with van der Waals surface area (Å²) in [5.41, 5.74) is 1.46. The van der Waals surface area contributed by atoms with E-state index in [9.17, 15) is 0 Å². The van der Waals surface area contributed by atoms with Crippen molar-refractivity contribution in [3.8, 4) is 0 Å². The largest absolute Gasteiger partial charge is 0.306 e. The minimum atomic E-state index is 0.250. The van der Waals surface area contributed by atoms with E-state index in [0.717, 1.165) is 5.82 Å². The molecule has 0 aromatic carbocycles. The molecule has 3 heteroatoms. The molecular formula is C12H19N3. The molecule has 2 rings (SSSR count). The fourth-order valence-electron chi connectivity index (χ4n) is 2.16. The van der Waals surface area contributed by atoms with Crippen molar-refractivity contribution in [3.05, 3.63) is 23.8 Å². The van der Waals surface area contributed by atoms with E-state index in [1.165, 1.54) is 31.6 Å². The summed E-state index contributed by atoms with van der Waals surface area (Å²) >= 11 is 0. The highest BCUT2D eigenvalue weighted by Crippen LogP contribution is 2.33. The number of nitrogens with zero attached hydrogens (tertiary/aromatic N) is 3. The Labute approximate surface area is 91.5 Å². The van der Waals surface area contributed by atoms with Crippen LogP contribution in [-0.2, 0) is 5.41 Å². The second-order valence-corrected chi connectivity index (χ2v) is 4.85. The van der Waals surface area contributed by atoms with Gasteiger partial charge < -0.3 is 4.90 Å². The standard InChI is InChI=1S/C12H19N3/c1-10-13-7-4-11(14-10)12(2)5-8-15(3)9-6-12/h4,7H,5-6,8-9H2,1-3H3. The van der Waals surface area contributed by atoms with E-state index in [2.05, 4.69) is 34.9 Å². The van der Waals surface area contributed by atoms with Gasteiger partial charge in [0, 0.05) is 11.6 Å². The van der Waals surface area contributed by atoms with Gasteiger partial charge in [-0.25, -0.2) is 9.97 Å². The van der Waals surface area contributed by atoms with E-state index >= 15 is 0 Å². The van der Waals surface area contributed by atoms with Crippen molar-refractivity contribution >= 4 is 0 Å². The molecule has 0 bridgehead atoms. The number of hydrogen-bond acceptors (Lipinski definition) is 3. The monoisotopic (exact) mass is 205 g/mol. The van der Waals surface area contributed by atoms with Crippen molar-refractivity contribution in [2.45, 2.75) is 32.1 Å². The Balaban J connectivity index is 2.22. The SMILES string of the molecule is Cc1nccc(C2(C)CCN(C)CC2)n1. The maximum atomic E-state index is 4.56. The quantitative estimate of drug-likeness (QED) is 0.699. The summed E-state index contributed by atoms with van der Waals surface area (Å²) in [7, 11) is 2.19. The molecule has 0 N–H and O–H groups in total. The van der Waals surface area contributed by atoms with E-state index in [1.54, 1.807) is 0 Å². The molecule has 82 valence electrons. The number of likely N-dealkylation sites (tertiary alicyclic amines) is 1. The maximum Gasteiger partial charge on any atom is 0.125 e. The summed E-state index contributed by atoms with van der Waals surface area (Å²) in [5.74, 6) is 0.882. The average Bonchev–Trinajstić information content (AvgIpc) is 2.23. The zero-order chi connectivity index (χ0) is 10.9. The summed E-state index contributed by atoms with van der Waals surface area (Å²) in [6.07, 6.45) is 4.27. The molecule has 15 heavy (non-hydrogen) atoms. The first-order valence-electron chi connectivity index (χ1n) is 5.59. The van der Waals surface area contributed by atoms with E-state index in [1.807, 2.05) is 13.1 Å². The van der Waals surface area contributed by atoms with Crippen LogP contribution in [0.15, 0.2) is 12.3 Å². The smallest absolute Gasteiger partial charge is 0.125 e. The second-order valence-electron chi connectivity index (χ2n) is 4.85.